The van der Waals surface area contributed by atoms with Crippen LogP contribution in [-0.2, 0) is 13.6 Å². The summed E-state index contributed by atoms with van der Waals surface area (Å²) < 4.78 is 16.7. The molecule has 0 spiro atoms. The molecule has 6 nitrogen and oxygen atoms in total. The molecular weight excluding hydrogens is 383 g/mol. The van der Waals surface area contributed by atoms with Gasteiger partial charge in [-0.15, -0.1) is 0 Å². The average Bonchev–Trinajstić information content (AvgIpc) is 3.07. The van der Waals surface area contributed by atoms with Crippen LogP contribution in [0.5, 0.6) is 0 Å². The number of amides is 1. The number of aromatic nitrogens is 2. The third kappa shape index (κ3) is 3.72. The lowest BCUT2D eigenvalue weighted by Crippen LogP contribution is -2.49. The van der Waals surface area contributed by atoms with Gasteiger partial charge in [-0.2, -0.15) is 0 Å². The number of benzene rings is 1. The van der Waals surface area contributed by atoms with E-state index in [1.54, 1.807) is 29.0 Å². The summed E-state index contributed by atoms with van der Waals surface area (Å²) in [6.07, 6.45) is 1.81. The van der Waals surface area contributed by atoms with E-state index in [1.165, 1.54) is 12.1 Å². The van der Waals surface area contributed by atoms with Gasteiger partial charge in [0.2, 0.25) is 0 Å². The fourth-order valence-electron chi connectivity index (χ4n) is 4.10. The van der Waals surface area contributed by atoms with Crippen LogP contribution in [0.4, 0.5) is 10.1 Å². The first-order chi connectivity index (χ1) is 14.3. The smallest absolute Gasteiger partial charge is 0.270 e. The molecule has 0 radical (unpaired) electrons. The first-order valence-electron chi connectivity index (χ1n) is 10.3. The van der Waals surface area contributed by atoms with Gasteiger partial charge in [0.1, 0.15) is 11.5 Å². The minimum absolute atomic E-state index is 0.0584. The molecule has 1 saturated heterocycles. The molecule has 1 fully saturated rings. The van der Waals surface area contributed by atoms with Crippen LogP contribution in [0.3, 0.4) is 0 Å². The van der Waals surface area contributed by atoms with E-state index in [0.717, 1.165) is 11.2 Å². The van der Waals surface area contributed by atoms with Crippen molar-refractivity contribution in [3.63, 3.8) is 0 Å². The molecule has 0 bridgehead atoms. The number of anilines is 1. The van der Waals surface area contributed by atoms with Gasteiger partial charge in [0.15, 0.2) is 0 Å². The summed E-state index contributed by atoms with van der Waals surface area (Å²) in [7, 11) is 1.83. The maximum Gasteiger partial charge on any atom is 0.270 e. The molecule has 0 aliphatic carbocycles. The van der Waals surface area contributed by atoms with Crippen molar-refractivity contribution in [3.8, 4) is 0 Å². The van der Waals surface area contributed by atoms with Gasteiger partial charge < -0.3 is 18.9 Å². The van der Waals surface area contributed by atoms with E-state index in [4.69, 9.17) is 0 Å². The Bertz CT molecular complexity index is 1120. The van der Waals surface area contributed by atoms with Crippen LogP contribution in [-0.4, -0.2) is 46.1 Å². The number of fused-ring (bicyclic) bond motifs is 1. The summed E-state index contributed by atoms with van der Waals surface area (Å²) in [4.78, 5) is 30.0. The molecule has 1 aliphatic heterocycles. The predicted octanol–water partition coefficient (Wildman–Crippen LogP) is 3.10. The topological polar surface area (TPSA) is 50.5 Å². The van der Waals surface area contributed by atoms with Gasteiger partial charge in [-0.1, -0.05) is 13.8 Å². The number of carbonyl (C=O) groups is 1. The summed E-state index contributed by atoms with van der Waals surface area (Å²) in [6, 6.07) is 10.1. The molecule has 30 heavy (non-hydrogen) atoms. The van der Waals surface area contributed by atoms with Crippen LogP contribution >= 0.6 is 0 Å². The van der Waals surface area contributed by atoms with E-state index in [1.807, 2.05) is 22.6 Å². The van der Waals surface area contributed by atoms with E-state index in [2.05, 4.69) is 18.7 Å². The van der Waals surface area contributed by atoms with Crippen molar-refractivity contribution in [2.45, 2.75) is 20.4 Å². The van der Waals surface area contributed by atoms with Crippen molar-refractivity contribution in [1.29, 1.82) is 0 Å². The SMILES string of the molecule is CC(C)Cn1ccc2c(cc(C(=O)N3CCN(c4ccc(F)cc4)CC3)n2C)c1=O. The van der Waals surface area contributed by atoms with Gasteiger partial charge in [0.05, 0.1) is 10.9 Å². The number of piperazine rings is 1. The highest BCUT2D eigenvalue weighted by Crippen LogP contribution is 2.20. The van der Waals surface area contributed by atoms with Crippen molar-refractivity contribution in [2.24, 2.45) is 13.0 Å². The van der Waals surface area contributed by atoms with Crippen molar-refractivity contribution < 1.29 is 9.18 Å². The molecule has 1 aliphatic rings. The summed E-state index contributed by atoms with van der Waals surface area (Å²) in [5.41, 5.74) is 2.20. The van der Waals surface area contributed by atoms with Gasteiger partial charge in [0.25, 0.3) is 11.5 Å². The molecule has 4 rings (SSSR count). The molecule has 0 unspecified atom stereocenters. The van der Waals surface area contributed by atoms with Gasteiger partial charge in [-0.25, -0.2) is 4.39 Å². The highest BCUT2D eigenvalue weighted by molar-refractivity contribution is 5.98. The number of hydrogen-bond donors (Lipinski definition) is 0. The monoisotopic (exact) mass is 410 g/mol. The normalized spacial score (nSPS) is 14.7. The number of rotatable bonds is 4. The zero-order valence-corrected chi connectivity index (χ0v) is 17.6. The highest BCUT2D eigenvalue weighted by atomic mass is 19.1. The third-order valence-corrected chi connectivity index (χ3v) is 5.72. The van der Waals surface area contributed by atoms with Crippen molar-refractivity contribution in [2.75, 3.05) is 31.1 Å². The highest BCUT2D eigenvalue weighted by Gasteiger charge is 2.25. The fraction of sp³-hybridized carbons (Fsp3) is 0.391. The maximum absolute atomic E-state index is 13.2. The summed E-state index contributed by atoms with van der Waals surface area (Å²) >= 11 is 0. The first kappa shape index (κ1) is 20.2. The lowest BCUT2D eigenvalue weighted by atomic mass is 10.2. The second-order valence-electron chi connectivity index (χ2n) is 8.31. The van der Waals surface area contributed by atoms with Crippen LogP contribution in [0.2, 0.25) is 0 Å². The van der Waals surface area contributed by atoms with E-state index < -0.39 is 0 Å². The van der Waals surface area contributed by atoms with Crippen LogP contribution < -0.4 is 10.5 Å². The molecular formula is C23H27FN4O2. The largest absolute Gasteiger partial charge is 0.368 e. The molecule has 0 N–H and O–H groups in total. The van der Waals surface area contributed by atoms with Crippen LogP contribution in [0.1, 0.15) is 24.3 Å². The standard InChI is InChI=1S/C23H27FN4O2/c1-16(2)15-28-9-8-20-19(22(28)29)14-21(25(20)3)23(30)27-12-10-26(11-13-27)18-6-4-17(24)5-7-18/h4-9,14,16H,10-13,15H2,1-3H3. The Labute approximate surface area is 175 Å². The van der Waals surface area contributed by atoms with Crippen LogP contribution in [0.25, 0.3) is 10.9 Å². The Hall–Kier alpha value is -3.09. The van der Waals surface area contributed by atoms with Gasteiger partial charge in [0, 0.05) is 51.7 Å². The molecule has 158 valence electrons. The van der Waals surface area contributed by atoms with Gasteiger partial charge in [-0.05, 0) is 42.3 Å². The zero-order chi connectivity index (χ0) is 21.4. The third-order valence-electron chi connectivity index (χ3n) is 5.72. The maximum atomic E-state index is 13.2. The molecule has 7 heteroatoms. The minimum atomic E-state index is -0.254. The predicted molar refractivity (Wildman–Crippen MR) is 117 cm³/mol. The molecule has 3 aromatic rings. The average molecular weight is 410 g/mol. The second kappa shape index (κ2) is 7.97. The molecule has 1 aromatic carbocycles. The van der Waals surface area contributed by atoms with Crippen molar-refractivity contribution >= 4 is 22.5 Å². The van der Waals surface area contributed by atoms with Gasteiger partial charge in [-0.3, -0.25) is 9.59 Å². The Morgan fingerprint density at radius 2 is 1.73 bits per heavy atom. The molecule has 1 amide bonds. The van der Waals surface area contributed by atoms with Gasteiger partial charge >= 0.3 is 0 Å². The first-order valence-corrected chi connectivity index (χ1v) is 10.3. The van der Waals surface area contributed by atoms with E-state index in [0.29, 0.717) is 49.7 Å². The van der Waals surface area contributed by atoms with Crippen molar-refractivity contribution in [3.05, 3.63) is 64.5 Å². The number of carbonyl (C=O) groups excluding carboxylic acids is 1. The quantitative estimate of drug-likeness (QED) is 0.664. The molecule has 3 heterocycles. The number of pyridine rings is 1. The Kier molecular flexibility index (Phi) is 5.37. The van der Waals surface area contributed by atoms with E-state index in [9.17, 15) is 14.0 Å². The van der Waals surface area contributed by atoms with Crippen LogP contribution in [0.15, 0.2) is 47.4 Å². The number of halogens is 1. The Balaban J connectivity index is 1.53. The summed E-state index contributed by atoms with van der Waals surface area (Å²) in [6.45, 7) is 7.32. The minimum Gasteiger partial charge on any atom is -0.368 e. The lowest BCUT2D eigenvalue weighted by Gasteiger charge is -2.36. The number of aryl methyl sites for hydroxylation is 1. The summed E-state index contributed by atoms with van der Waals surface area (Å²) in [5.74, 6) is 0.0421. The Morgan fingerprint density at radius 1 is 1.07 bits per heavy atom. The number of nitrogens with zero attached hydrogens (tertiary/aromatic N) is 4. The molecule has 2 aromatic heterocycles. The number of hydrogen-bond acceptors (Lipinski definition) is 3. The van der Waals surface area contributed by atoms with E-state index in [-0.39, 0.29) is 17.3 Å². The fourth-order valence-corrected chi connectivity index (χ4v) is 4.10. The summed E-state index contributed by atoms with van der Waals surface area (Å²) in [5, 5.41) is 0.578. The van der Waals surface area contributed by atoms with Crippen molar-refractivity contribution in [1.82, 2.24) is 14.0 Å². The van der Waals surface area contributed by atoms with E-state index >= 15 is 0 Å². The van der Waals surface area contributed by atoms with Crippen LogP contribution in [0, 0.1) is 11.7 Å². The Morgan fingerprint density at radius 3 is 2.37 bits per heavy atom. The second-order valence-corrected chi connectivity index (χ2v) is 8.31. The molecule has 0 saturated carbocycles. The zero-order valence-electron chi connectivity index (χ0n) is 17.6. The lowest BCUT2D eigenvalue weighted by molar-refractivity contribution is 0.0737. The molecule has 0 atom stereocenters.